The van der Waals surface area contributed by atoms with E-state index < -0.39 is 5.41 Å². The summed E-state index contributed by atoms with van der Waals surface area (Å²) in [5.74, 6) is 0.732. The molecule has 5 nitrogen and oxygen atoms in total. The number of halogens is 1. The number of aliphatic imine (C=N–C) groups is 1. The quantitative estimate of drug-likeness (QED) is 0.333. The maximum absolute atomic E-state index is 12.1. The van der Waals surface area contributed by atoms with Gasteiger partial charge in [0, 0.05) is 20.1 Å². The Morgan fingerprint density at radius 1 is 1.16 bits per heavy atom. The van der Waals surface area contributed by atoms with Crippen molar-refractivity contribution in [3.8, 4) is 0 Å². The number of nitrogens with one attached hydrogen (secondary N) is 3. The van der Waals surface area contributed by atoms with E-state index in [0.29, 0.717) is 19.0 Å². The first-order valence-corrected chi connectivity index (χ1v) is 8.68. The molecular formula is C19H33IN4O. The van der Waals surface area contributed by atoms with Crippen molar-refractivity contribution in [2.45, 2.75) is 47.1 Å². The minimum absolute atomic E-state index is 0. The van der Waals surface area contributed by atoms with Gasteiger partial charge in [0.15, 0.2) is 5.96 Å². The van der Waals surface area contributed by atoms with Gasteiger partial charge in [-0.05, 0) is 45.2 Å². The minimum Gasteiger partial charge on any atom is -0.356 e. The maximum Gasteiger partial charge on any atom is 0.227 e. The van der Waals surface area contributed by atoms with Crippen molar-refractivity contribution in [3.05, 3.63) is 35.4 Å². The lowest BCUT2D eigenvalue weighted by atomic mass is 9.92. The van der Waals surface area contributed by atoms with E-state index in [9.17, 15) is 4.79 Å². The SMILES string of the molecule is CCNC(=O)C(C)(C)CNC(=NC)NC(C)c1ccc(CC)cc1.I. The molecule has 0 aliphatic carbocycles. The standard InChI is InChI=1S/C19H32N4O.HI/c1-7-15-9-11-16(12-10-15)14(3)23-18(20-6)22-13-19(4,5)17(24)21-8-2;/h9-12,14H,7-8,13H2,1-6H3,(H,21,24)(H2,20,22,23);1H. The van der Waals surface area contributed by atoms with Gasteiger partial charge in [-0.3, -0.25) is 9.79 Å². The van der Waals surface area contributed by atoms with E-state index in [4.69, 9.17) is 0 Å². The van der Waals surface area contributed by atoms with Crippen LogP contribution in [-0.4, -0.2) is 32.0 Å². The molecular weight excluding hydrogens is 427 g/mol. The molecule has 1 unspecified atom stereocenters. The number of hydrogen-bond acceptors (Lipinski definition) is 2. The van der Waals surface area contributed by atoms with Crippen LogP contribution in [0.25, 0.3) is 0 Å². The number of aryl methyl sites for hydroxylation is 1. The van der Waals surface area contributed by atoms with Crippen LogP contribution in [0.4, 0.5) is 0 Å². The summed E-state index contributed by atoms with van der Waals surface area (Å²) in [6.45, 7) is 11.2. The predicted octanol–water partition coefficient (Wildman–Crippen LogP) is 3.26. The number of hydrogen-bond donors (Lipinski definition) is 3. The topological polar surface area (TPSA) is 65.5 Å². The third kappa shape index (κ3) is 7.63. The van der Waals surface area contributed by atoms with Crippen LogP contribution in [0.5, 0.6) is 0 Å². The van der Waals surface area contributed by atoms with Crippen molar-refractivity contribution in [1.82, 2.24) is 16.0 Å². The molecule has 0 aliphatic heterocycles. The smallest absolute Gasteiger partial charge is 0.227 e. The van der Waals surface area contributed by atoms with Crippen LogP contribution < -0.4 is 16.0 Å². The number of guanidine groups is 1. The van der Waals surface area contributed by atoms with Gasteiger partial charge in [-0.15, -0.1) is 24.0 Å². The number of carbonyl (C=O) groups excluding carboxylic acids is 1. The largest absolute Gasteiger partial charge is 0.356 e. The van der Waals surface area contributed by atoms with Crippen LogP contribution in [0, 0.1) is 5.41 Å². The van der Waals surface area contributed by atoms with E-state index in [1.165, 1.54) is 11.1 Å². The summed E-state index contributed by atoms with van der Waals surface area (Å²) in [7, 11) is 1.74. The molecule has 0 saturated heterocycles. The normalized spacial score (nSPS) is 12.8. The Morgan fingerprint density at radius 3 is 2.24 bits per heavy atom. The van der Waals surface area contributed by atoms with Crippen molar-refractivity contribution in [1.29, 1.82) is 0 Å². The van der Waals surface area contributed by atoms with Gasteiger partial charge in [-0.2, -0.15) is 0 Å². The van der Waals surface area contributed by atoms with Crippen molar-refractivity contribution in [2.75, 3.05) is 20.1 Å². The molecule has 0 bridgehead atoms. The Kier molecular flexibility index (Phi) is 10.7. The molecule has 142 valence electrons. The highest BCUT2D eigenvalue weighted by atomic mass is 127. The lowest BCUT2D eigenvalue weighted by Crippen LogP contribution is -2.48. The fraction of sp³-hybridized carbons (Fsp3) is 0.579. The Balaban J connectivity index is 0.00000576. The van der Waals surface area contributed by atoms with Gasteiger partial charge < -0.3 is 16.0 Å². The van der Waals surface area contributed by atoms with Crippen LogP contribution >= 0.6 is 24.0 Å². The Morgan fingerprint density at radius 2 is 1.76 bits per heavy atom. The molecule has 0 spiro atoms. The van der Waals surface area contributed by atoms with Gasteiger partial charge in [0.2, 0.25) is 5.91 Å². The zero-order valence-corrected chi connectivity index (χ0v) is 18.6. The highest BCUT2D eigenvalue weighted by Gasteiger charge is 2.27. The number of amides is 1. The zero-order chi connectivity index (χ0) is 18.2. The van der Waals surface area contributed by atoms with Gasteiger partial charge in [-0.25, -0.2) is 0 Å². The molecule has 1 aromatic rings. The zero-order valence-electron chi connectivity index (χ0n) is 16.3. The van der Waals surface area contributed by atoms with Crippen LogP contribution in [-0.2, 0) is 11.2 Å². The van der Waals surface area contributed by atoms with E-state index in [2.05, 4.69) is 59.1 Å². The number of nitrogens with zero attached hydrogens (tertiary/aromatic N) is 1. The Hall–Kier alpha value is -1.31. The summed E-state index contributed by atoms with van der Waals surface area (Å²) in [5, 5.41) is 9.49. The molecule has 1 amide bonds. The molecule has 0 aromatic heterocycles. The second kappa shape index (κ2) is 11.3. The second-order valence-electron chi connectivity index (χ2n) is 6.63. The molecule has 6 heteroatoms. The lowest BCUT2D eigenvalue weighted by molar-refractivity contribution is -0.128. The highest BCUT2D eigenvalue weighted by Crippen LogP contribution is 2.15. The molecule has 0 fully saturated rings. The van der Waals surface area contributed by atoms with Gasteiger partial charge in [0.05, 0.1) is 11.5 Å². The van der Waals surface area contributed by atoms with Crippen LogP contribution in [0.2, 0.25) is 0 Å². The number of benzene rings is 1. The monoisotopic (exact) mass is 460 g/mol. The first-order chi connectivity index (χ1) is 11.3. The predicted molar refractivity (Wildman–Crippen MR) is 117 cm³/mol. The highest BCUT2D eigenvalue weighted by molar-refractivity contribution is 14.0. The van der Waals surface area contributed by atoms with Crippen LogP contribution in [0.1, 0.15) is 51.8 Å². The molecule has 3 N–H and O–H groups in total. The summed E-state index contributed by atoms with van der Waals surface area (Å²) >= 11 is 0. The van der Waals surface area contributed by atoms with Crippen LogP contribution in [0.15, 0.2) is 29.3 Å². The summed E-state index contributed by atoms with van der Waals surface area (Å²) in [6, 6.07) is 8.73. The lowest BCUT2D eigenvalue weighted by Gasteiger charge is -2.26. The van der Waals surface area contributed by atoms with Gasteiger partial charge in [0.1, 0.15) is 0 Å². The van der Waals surface area contributed by atoms with E-state index >= 15 is 0 Å². The summed E-state index contributed by atoms with van der Waals surface area (Å²) in [4.78, 5) is 16.3. The molecule has 25 heavy (non-hydrogen) atoms. The third-order valence-electron chi connectivity index (χ3n) is 4.11. The molecule has 1 atom stereocenters. The summed E-state index contributed by atoms with van der Waals surface area (Å²) in [6.07, 6.45) is 1.04. The molecule has 0 heterocycles. The molecule has 1 rings (SSSR count). The van der Waals surface area contributed by atoms with Crippen molar-refractivity contribution in [3.63, 3.8) is 0 Å². The van der Waals surface area contributed by atoms with E-state index in [1.807, 2.05) is 20.8 Å². The van der Waals surface area contributed by atoms with Gasteiger partial charge >= 0.3 is 0 Å². The molecule has 0 radical (unpaired) electrons. The maximum atomic E-state index is 12.1. The van der Waals surface area contributed by atoms with Crippen molar-refractivity contribution < 1.29 is 4.79 Å². The molecule has 0 saturated carbocycles. The Labute approximate surface area is 169 Å². The van der Waals surface area contributed by atoms with Gasteiger partial charge in [0.25, 0.3) is 0 Å². The Bertz CT molecular complexity index is 555. The van der Waals surface area contributed by atoms with E-state index in [1.54, 1.807) is 7.05 Å². The van der Waals surface area contributed by atoms with E-state index in [-0.39, 0.29) is 35.9 Å². The minimum atomic E-state index is -0.500. The van der Waals surface area contributed by atoms with Gasteiger partial charge in [-0.1, -0.05) is 31.2 Å². The molecule has 0 aliphatic rings. The van der Waals surface area contributed by atoms with E-state index in [0.717, 1.165) is 6.42 Å². The number of carbonyl (C=O) groups is 1. The summed E-state index contributed by atoms with van der Waals surface area (Å²) in [5.41, 5.74) is 2.04. The van der Waals surface area contributed by atoms with Crippen molar-refractivity contribution in [2.24, 2.45) is 10.4 Å². The average Bonchev–Trinajstić information content (AvgIpc) is 2.58. The molecule has 1 aromatic carbocycles. The third-order valence-corrected chi connectivity index (χ3v) is 4.11. The first-order valence-electron chi connectivity index (χ1n) is 8.68. The average molecular weight is 460 g/mol. The number of rotatable bonds is 7. The summed E-state index contributed by atoms with van der Waals surface area (Å²) < 4.78 is 0. The van der Waals surface area contributed by atoms with Crippen molar-refractivity contribution >= 4 is 35.8 Å². The fourth-order valence-electron chi connectivity index (χ4n) is 2.31. The fourth-order valence-corrected chi connectivity index (χ4v) is 2.31. The van der Waals surface area contributed by atoms with Crippen LogP contribution in [0.3, 0.4) is 0 Å². The first kappa shape index (κ1) is 23.7. The second-order valence-corrected chi connectivity index (χ2v) is 6.63.